The lowest BCUT2D eigenvalue weighted by Gasteiger charge is -2.36. The number of halogens is 1. The van der Waals surface area contributed by atoms with Crippen LogP contribution in [-0.2, 0) is 0 Å². The van der Waals surface area contributed by atoms with E-state index in [4.69, 9.17) is 16.3 Å². The summed E-state index contributed by atoms with van der Waals surface area (Å²) in [5, 5.41) is 4.14. The summed E-state index contributed by atoms with van der Waals surface area (Å²) in [4.78, 5) is 6.77. The first-order chi connectivity index (χ1) is 11.3. The van der Waals surface area contributed by atoms with Crippen molar-refractivity contribution < 1.29 is 4.74 Å². The number of ether oxygens (including phenoxy) is 1. The Kier molecular flexibility index (Phi) is 5.49. The number of aromatic nitrogens is 1. The van der Waals surface area contributed by atoms with Gasteiger partial charge in [0, 0.05) is 49.2 Å². The fraction of sp³-hybridized carbons (Fsp3) is 0.389. The summed E-state index contributed by atoms with van der Waals surface area (Å²) in [6.07, 6.45) is 3.74. The van der Waals surface area contributed by atoms with E-state index >= 15 is 0 Å². The average Bonchev–Trinajstić information content (AvgIpc) is 2.60. The van der Waals surface area contributed by atoms with Gasteiger partial charge in [-0.05, 0) is 36.8 Å². The molecule has 2 heterocycles. The molecule has 0 bridgehead atoms. The number of rotatable bonds is 5. The largest absolute Gasteiger partial charge is 0.494 e. The fourth-order valence-corrected chi connectivity index (χ4v) is 3.27. The van der Waals surface area contributed by atoms with Gasteiger partial charge in [-0.1, -0.05) is 17.7 Å². The molecule has 0 saturated carbocycles. The van der Waals surface area contributed by atoms with E-state index in [-0.39, 0.29) is 6.04 Å². The van der Waals surface area contributed by atoms with Gasteiger partial charge in [0.1, 0.15) is 5.75 Å². The molecule has 1 saturated heterocycles. The van der Waals surface area contributed by atoms with Crippen molar-refractivity contribution in [2.45, 2.75) is 13.0 Å². The van der Waals surface area contributed by atoms with Crippen LogP contribution in [-0.4, -0.2) is 42.7 Å². The number of nitrogens with zero attached hydrogens (tertiary/aromatic N) is 2. The number of pyridine rings is 1. The molecule has 1 fully saturated rings. The maximum Gasteiger partial charge on any atom is 0.124 e. The van der Waals surface area contributed by atoms with Crippen molar-refractivity contribution in [2.24, 2.45) is 0 Å². The first-order valence-corrected chi connectivity index (χ1v) is 8.44. The standard InChI is InChI=1S/C18H22ClN3O/c1-2-23-17-6-5-15(19)12-16(17)18(14-4-3-7-21-13-14)22-10-8-20-9-11-22/h3-7,12-13,18,20H,2,8-11H2,1H3. The summed E-state index contributed by atoms with van der Waals surface area (Å²) in [5.74, 6) is 0.893. The predicted molar refractivity (Wildman–Crippen MR) is 93.1 cm³/mol. The zero-order valence-electron chi connectivity index (χ0n) is 13.3. The van der Waals surface area contributed by atoms with Gasteiger partial charge in [-0.25, -0.2) is 0 Å². The lowest BCUT2D eigenvalue weighted by molar-refractivity contribution is 0.194. The highest BCUT2D eigenvalue weighted by atomic mass is 35.5. The van der Waals surface area contributed by atoms with E-state index in [1.54, 1.807) is 6.20 Å². The maximum absolute atomic E-state index is 6.29. The molecule has 1 aromatic heterocycles. The molecule has 3 rings (SSSR count). The predicted octanol–water partition coefficient (Wildman–Crippen LogP) is 3.13. The zero-order chi connectivity index (χ0) is 16.1. The molecule has 2 aromatic rings. The Labute approximate surface area is 142 Å². The van der Waals surface area contributed by atoms with Gasteiger partial charge in [0.2, 0.25) is 0 Å². The molecule has 1 unspecified atom stereocenters. The highest BCUT2D eigenvalue weighted by molar-refractivity contribution is 6.30. The van der Waals surface area contributed by atoms with E-state index in [1.807, 2.05) is 37.4 Å². The van der Waals surface area contributed by atoms with E-state index in [9.17, 15) is 0 Å². The van der Waals surface area contributed by atoms with E-state index in [2.05, 4.69) is 21.3 Å². The Morgan fingerprint density at radius 3 is 2.83 bits per heavy atom. The van der Waals surface area contributed by atoms with Crippen LogP contribution in [0.15, 0.2) is 42.7 Å². The van der Waals surface area contributed by atoms with E-state index in [1.165, 1.54) is 0 Å². The minimum atomic E-state index is 0.103. The van der Waals surface area contributed by atoms with E-state index < -0.39 is 0 Å². The van der Waals surface area contributed by atoms with Crippen LogP contribution in [0.25, 0.3) is 0 Å². The number of benzene rings is 1. The van der Waals surface area contributed by atoms with Gasteiger partial charge < -0.3 is 10.1 Å². The van der Waals surface area contributed by atoms with Crippen molar-refractivity contribution in [3.63, 3.8) is 0 Å². The van der Waals surface area contributed by atoms with Crippen LogP contribution in [0, 0.1) is 0 Å². The molecule has 122 valence electrons. The summed E-state index contributed by atoms with van der Waals surface area (Å²) in [5.41, 5.74) is 2.27. The van der Waals surface area contributed by atoms with Crippen molar-refractivity contribution in [1.29, 1.82) is 0 Å². The van der Waals surface area contributed by atoms with Gasteiger partial charge in [0.05, 0.1) is 12.6 Å². The molecule has 1 aliphatic heterocycles. The smallest absolute Gasteiger partial charge is 0.124 e. The average molecular weight is 332 g/mol. The Bertz CT molecular complexity index is 629. The van der Waals surface area contributed by atoms with Crippen molar-refractivity contribution >= 4 is 11.6 Å². The van der Waals surface area contributed by atoms with E-state index in [0.717, 1.165) is 48.1 Å². The molecule has 1 aromatic carbocycles. The molecule has 0 spiro atoms. The minimum absolute atomic E-state index is 0.103. The Morgan fingerprint density at radius 1 is 1.30 bits per heavy atom. The minimum Gasteiger partial charge on any atom is -0.494 e. The summed E-state index contributed by atoms with van der Waals surface area (Å²) in [6, 6.07) is 10.1. The van der Waals surface area contributed by atoms with Crippen molar-refractivity contribution in [1.82, 2.24) is 15.2 Å². The summed E-state index contributed by atoms with van der Waals surface area (Å²) in [6.45, 7) is 6.58. The lowest BCUT2D eigenvalue weighted by Crippen LogP contribution is -2.45. The van der Waals surface area contributed by atoms with Crippen LogP contribution in [0.2, 0.25) is 5.02 Å². The third-order valence-corrected chi connectivity index (χ3v) is 4.32. The molecular formula is C18H22ClN3O. The summed E-state index contributed by atoms with van der Waals surface area (Å²) < 4.78 is 5.86. The second-order valence-electron chi connectivity index (χ2n) is 5.59. The quantitative estimate of drug-likeness (QED) is 0.913. The molecule has 1 N–H and O–H groups in total. The third-order valence-electron chi connectivity index (χ3n) is 4.08. The molecule has 1 aliphatic rings. The van der Waals surface area contributed by atoms with Crippen molar-refractivity contribution in [2.75, 3.05) is 32.8 Å². The Hall–Kier alpha value is -1.62. The Morgan fingerprint density at radius 2 is 2.13 bits per heavy atom. The van der Waals surface area contributed by atoms with Crippen molar-refractivity contribution in [3.8, 4) is 5.75 Å². The molecular weight excluding hydrogens is 310 g/mol. The van der Waals surface area contributed by atoms with Crippen molar-refractivity contribution in [3.05, 3.63) is 58.9 Å². The monoisotopic (exact) mass is 331 g/mol. The number of piperazine rings is 1. The van der Waals surface area contributed by atoms with Gasteiger partial charge in [0.25, 0.3) is 0 Å². The van der Waals surface area contributed by atoms with Crippen LogP contribution in [0.3, 0.4) is 0 Å². The van der Waals surface area contributed by atoms with Gasteiger partial charge in [-0.2, -0.15) is 0 Å². The summed E-state index contributed by atoms with van der Waals surface area (Å²) >= 11 is 6.29. The second-order valence-corrected chi connectivity index (χ2v) is 6.03. The topological polar surface area (TPSA) is 37.4 Å². The SMILES string of the molecule is CCOc1ccc(Cl)cc1C(c1cccnc1)N1CCNCC1. The number of hydrogen-bond donors (Lipinski definition) is 1. The zero-order valence-corrected chi connectivity index (χ0v) is 14.1. The van der Waals surface area contributed by atoms with Crippen LogP contribution < -0.4 is 10.1 Å². The van der Waals surface area contributed by atoms with Gasteiger partial charge >= 0.3 is 0 Å². The van der Waals surface area contributed by atoms with Crippen LogP contribution in [0.1, 0.15) is 24.1 Å². The van der Waals surface area contributed by atoms with Gasteiger partial charge in [-0.3, -0.25) is 9.88 Å². The van der Waals surface area contributed by atoms with Crippen LogP contribution in [0.5, 0.6) is 5.75 Å². The first kappa shape index (κ1) is 16.2. The normalized spacial score (nSPS) is 17.0. The molecule has 5 heteroatoms. The van der Waals surface area contributed by atoms with Crippen LogP contribution in [0.4, 0.5) is 0 Å². The Balaban J connectivity index is 2.06. The first-order valence-electron chi connectivity index (χ1n) is 8.06. The second kappa shape index (κ2) is 7.77. The molecule has 0 amide bonds. The fourth-order valence-electron chi connectivity index (χ4n) is 3.09. The van der Waals surface area contributed by atoms with Gasteiger partial charge in [0.15, 0.2) is 0 Å². The highest BCUT2D eigenvalue weighted by Crippen LogP contribution is 2.36. The number of nitrogens with one attached hydrogen (secondary N) is 1. The van der Waals surface area contributed by atoms with Crippen LogP contribution >= 0.6 is 11.6 Å². The highest BCUT2D eigenvalue weighted by Gasteiger charge is 2.27. The summed E-state index contributed by atoms with van der Waals surface area (Å²) in [7, 11) is 0. The molecule has 4 nitrogen and oxygen atoms in total. The lowest BCUT2D eigenvalue weighted by atomic mass is 9.96. The molecule has 0 radical (unpaired) electrons. The molecule has 1 atom stereocenters. The maximum atomic E-state index is 6.29. The number of hydrogen-bond acceptors (Lipinski definition) is 4. The van der Waals surface area contributed by atoms with E-state index in [0.29, 0.717) is 6.61 Å². The molecule has 0 aliphatic carbocycles. The van der Waals surface area contributed by atoms with Gasteiger partial charge in [-0.15, -0.1) is 0 Å². The third kappa shape index (κ3) is 3.83. The molecule has 23 heavy (non-hydrogen) atoms.